The zero-order valence-corrected chi connectivity index (χ0v) is 13.7. The van der Waals surface area contributed by atoms with Crippen LogP contribution in [0.2, 0.25) is 0 Å². The fraction of sp³-hybridized carbons (Fsp3) is 0.316. The topological polar surface area (TPSA) is 41.6 Å². The highest BCUT2D eigenvalue weighted by Crippen LogP contribution is 2.35. The molecule has 1 amide bonds. The van der Waals surface area contributed by atoms with E-state index in [0.29, 0.717) is 6.61 Å². The van der Waals surface area contributed by atoms with Crippen molar-refractivity contribution >= 4 is 11.6 Å². The third-order valence-corrected chi connectivity index (χ3v) is 4.00. The first-order valence-corrected chi connectivity index (χ1v) is 8.02. The van der Waals surface area contributed by atoms with Gasteiger partial charge in [0, 0.05) is 11.7 Å². The van der Waals surface area contributed by atoms with Gasteiger partial charge in [0.05, 0.1) is 12.2 Å². The van der Waals surface area contributed by atoms with Gasteiger partial charge in [-0.15, -0.1) is 0 Å². The van der Waals surface area contributed by atoms with Gasteiger partial charge in [-0.1, -0.05) is 24.3 Å². The third-order valence-electron chi connectivity index (χ3n) is 4.00. The Balaban J connectivity index is 2.03. The molecule has 3 rings (SSSR count). The molecule has 1 aliphatic heterocycles. The Hall–Kier alpha value is -2.49. The molecule has 0 aliphatic carbocycles. The van der Waals surface area contributed by atoms with Crippen molar-refractivity contribution in [3.8, 4) is 5.75 Å². The van der Waals surface area contributed by atoms with Crippen molar-refractivity contribution in [1.29, 1.82) is 0 Å². The Bertz CT molecular complexity index is 712. The summed E-state index contributed by atoms with van der Waals surface area (Å²) in [5, 5.41) is 3.49. The molecule has 23 heavy (non-hydrogen) atoms. The fourth-order valence-corrected chi connectivity index (χ4v) is 2.99. The lowest BCUT2D eigenvalue weighted by Gasteiger charge is -2.40. The van der Waals surface area contributed by atoms with Crippen LogP contribution >= 0.6 is 0 Å². The second kappa shape index (κ2) is 6.32. The number of benzene rings is 2. The Labute approximate surface area is 137 Å². The van der Waals surface area contributed by atoms with Crippen molar-refractivity contribution in [3.05, 3.63) is 59.7 Å². The number of nitrogens with zero attached hydrogens (tertiary/aromatic N) is 1. The second-order valence-electron chi connectivity index (χ2n) is 5.90. The van der Waals surface area contributed by atoms with Crippen LogP contribution in [0.3, 0.4) is 0 Å². The molecule has 1 atom stereocenters. The molecule has 0 aromatic heterocycles. The average Bonchev–Trinajstić information content (AvgIpc) is 2.55. The van der Waals surface area contributed by atoms with Gasteiger partial charge in [-0.05, 0) is 50.6 Å². The standard InChI is InChI=1S/C19H22N2O2/c1-4-23-15-9-7-8-14(12-15)18-20-17-11-6-5-10-16(17)19(22)21(18)13(2)3/h5-13,18,20H,4H2,1-3H3. The number of rotatable bonds is 4. The molecular weight excluding hydrogens is 288 g/mol. The van der Waals surface area contributed by atoms with E-state index in [1.165, 1.54) is 0 Å². The smallest absolute Gasteiger partial charge is 0.258 e. The van der Waals surface area contributed by atoms with Crippen LogP contribution in [-0.4, -0.2) is 23.5 Å². The molecule has 1 unspecified atom stereocenters. The largest absolute Gasteiger partial charge is 0.494 e. The van der Waals surface area contributed by atoms with Crippen LogP contribution in [0, 0.1) is 0 Å². The van der Waals surface area contributed by atoms with Gasteiger partial charge in [0.15, 0.2) is 0 Å². The maximum absolute atomic E-state index is 12.9. The molecule has 1 N–H and O–H groups in total. The van der Waals surface area contributed by atoms with E-state index < -0.39 is 0 Å². The monoisotopic (exact) mass is 310 g/mol. The van der Waals surface area contributed by atoms with Crippen molar-refractivity contribution in [2.75, 3.05) is 11.9 Å². The maximum atomic E-state index is 12.9. The summed E-state index contributed by atoms with van der Waals surface area (Å²) in [6, 6.07) is 15.7. The van der Waals surface area contributed by atoms with Crippen LogP contribution in [0.4, 0.5) is 5.69 Å². The molecule has 0 radical (unpaired) electrons. The number of ether oxygens (including phenoxy) is 1. The number of carbonyl (C=O) groups is 1. The van der Waals surface area contributed by atoms with Crippen LogP contribution in [0.25, 0.3) is 0 Å². The summed E-state index contributed by atoms with van der Waals surface area (Å²) in [7, 11) is 0. The Morgan fingerprint density at radius 1 is 1.17 bits per heavy atom. The number of carbonyl (C=O) groups excluding carboxylic acids is 1. The number of anilines is 1. The zero-order valence-electron chi connectivity index (χ0n) is 13.7. The molecule has 1 heterocycles. The van der Waals surface area contributed by atoms with Crippen molar-refractivity contribution in [2.45, 2.75) is 33.0 Å². The molecule has 0 bridgehead atoms. The van der Waals surface area contributed by atoms with Gasteiger partial charge in [0.1, 0.15) is 11.9 Å². The Morgan fingerprint density at radius 3 is 2.70 bits per heavy atom. The van der Waals surface area contributed by atoms with E-state index in [4.69, 9.17) is 4.74 Å². The quantitative estimate of drug-likeness (QED) is 0.926. The minimum absolute atomic E-state index is 0.0566. The van der Waals surface area contributed by atoms with Gasteiger partial charge < -0.3 is 15.0 Å². The first-order valence-electron chi connectivity index (χ1n) is 8.02. The van der Waals surface area contributed by atoms with Crippen LogP contribution in [0.5, 0.6) is 5.75 Å². The summed E-state index contributed by atoms with van der Waals surface area (Å²) in [4.78, 5) is 14.8. The summed E-state index contributed by atoms with van der Waals surface area (Å²) in [6.07, 6.45) is -0.196. The van der Waals surface area contributed by atoms with E-state index in [1.54, 1.807) is 0 Å². The molecule has 2 aromatic rings. The zero-order chi connectivity index (χ0) is 16.4. The molecule has 2 aromatic carbocycles. The van der Waals surface area contributed by atoms with Gasteiger partial charge in [-0.25, -0.2) is 0 Å². The molecule has 0 fully saturated rings. The number of amides is 1. The first kappa shape index (κ1) is 15.4. The minimum atomic E-state index is -0.196. The number of nitrogens with one attached hydrogen (secondary N) is 1. The van der Waals surface area contributed by atoms with Crippen molar-refractivity contribution in [2.24, 2.45) is 0 Å². The van der Waals surface area contributed by atoms with Crippen molar-refractivity contribution in [3.63, 3.8) is 0 Å². The lowest BCUT2D eigenvalue weighted by Crippen LogP contribution is -2.46. The highest BCUT2D eigenvalue weighted by molar-refractivity contribution is 6.01. The van der Waals surface area contributed by atoms with Crippen LogP contribution < -0.4 is 10.1 Å². The SMILES string of the molecule is CCOc1cccc(C2Nc3ccccc3C(=O)N2C(C)C)c1. The number of fused-ring (bicyclic) bond motifs is 1. The lowest BCUT2D eigenvalue weighted by atomic mass is 10.0. The summed E-state index contributed by atoms with van der Waals surface area (Å²) >= 11 is 0. The fourth-order valence-electron chi connectivity index (χ4n) is 2.99. The maximum Gasteiger partial charge on any atom is 0.258 e. The van der Waals surface area contributed by atoms with E-state index in [2.05, 4.69) is 5.32 Å². The van der Waals surface area contributed by atoms with Crippen molar-refractivity contribution < 1.29 is 9.53 Å². The predicted octanol–water partition coefficient (Wildman–Crippen LogP) is 4.06. The summed E-state index contributed by atoms with van der Waals surface area (Å²) in [6.45, 7) is 6.66. The summed E-state index contributed by atoms with van der Waals surface area (Å²) < 4.78 is 5.60. The predicted molar refractivity (Wildman–Crippen MR) is 91.7 cm³/mol. The van der Waals surface area contributed by atoms with Crippen molar-refractivity contribution in [1.82, 2.24) is 4.90 Å². The molecule has 0 saturated carbocycles. The molecule has 0 saturated heterocycles. The number of para-hydroxylation sites is 1. The van der Waals surface area contributed by atoms with Gasteiger partial charge in [0.2, 0.25) is 0 Å². The van der Waals surface area contributed by atoms with E-state index in [9.17, 15) is 4.79 Å². The lowest BCUT2D eigenvalue weighted by molar-refractivity contribution is 0.0616. The second-order valence-corrected chi connectivity index (χ2v) is 5.90. The Morgan fingerprint density at radius 2 is 1.96 bits per heavy atom. The van der Waals surface area contributed by atoms with Gasteiger partial charge in [-0.2, -0.15) is 0 Å². The van der Waals surface area contributed by atoms with Crippen LogP contribution in [0.15, 0.2) is 48.5 Å². The highest BCUT2D eigenvalue weighted by atomic mass is 16.5. The average molecular weight is 310 g/mol. The molecule has 4 heteroatoms. The number of hydrogen-bond acceptors (Lipinski definition) is 3. The van der Waals surface area contributed by atoms with Gasteiger partial charge in [-0.3, -0.25) is 4.79 Å². The molecular formula is C19H22N2O2. The molecule has 120 valence electrons. The summed E-state index contributed by atoms with van der Waals surface area (Å²) in [5.74, 6) is 0.878. The molecule has 4 nitrogen and oxygen atoms in total. The first-order chi connectivity index (χ1) is 11.1. The normalized spacial score (nSPS) is 17.0. The van der Waals surface area contributed by atoms with Gasteiger partial charge >= 0.3 is 0 Å². The highest BCUT2D eigenvalue weighted by Gasteiger charge is 2.34. The van der Waals surface area contributed by atoms with Gasteiger partial charge in [0.25, 0.3) is 5.91 Å². The Kier molecular flexibility index (Phi) is 4.24. The van der Waals surface area contributed by atoms with Crippen LogP contribution in [0.1, 0.15) is 42.9 Å². The third kappa shape index (κ3) is 2.89. The van der Waals surface area contributed by atoms with E-state index in [-0.39, 0.29) is 18.1 Å². The molecule has 0 spiro atoms. The van der Waals surface area contributed by atoms with Crippen LogP contribution in [-0.2, 0) is 0 Å². The minimum Gasteiger partial charge on any atom is -0.494 e. The number of hydrogen-bond donors (Lipinski definition) is 1. The van der Waals surface area contributed by atoms with E-state index >= 15 is 0 Å². The molecule has 1 aliphatic rings. The van der Waals surface area contributed by atoms with E-state index in [0.717, 1.165) is 22.6 Å². The van der Waals surface area contributed by atoms with E-state index in [1.807, 2.05) is 74.2 Å². The summed E-state index contributed by atoms with van der Waals surface area (Å²) in [5.41, 5.74) is 2.62.